The Hall–Kier alpha value is -2.50. The second kappa shape index (κ2) is 9.33. The molecule has 4 rings (SSSR count). The first-order chi connectivity index (χ1) is 14.2. The van der Waals surface area contributed by atoms with Gasteiger partial charge in [-0.2, -0.15) is 0 Å². The molecule has 1 aliphatic rings. The van der Waals surface area contributed by atoms with Crippen LogP contribution in [0, 0.1) is 0 Å². The van der Waals surface area contributed by atoms with Gasteiger partial charge in [-0.1, -0.05) is 23.7 Å². The highest BCUT2D eigenvalue weighted by atomic mass is 35.5. The van der Waals surface area contributed by atoms with Crippen LogP contribution in [-0.4, -0.2) is 49.2 Å². The Morgan fingerprint density at radius 2 is 1.76 bits per heavy atom. The number of H-pyrrole nitrogens is 1. The van der Waals surface area contributed by atoms with E-state index in [-0.39, 0.29) is 5.56 Å². The van der Waals surface area contributed by atoms with Gasteiger partial charge in [0, 0.05) is 38.3 Å². The lowest BCUT2D eigenvalue weighted by atomic mass is 10.2. The van der Waals surface area contributed by atoms with Gasteiger partial charge in [-0.25, -0.2) is 0 Å². The normalized spacial score (nSPS) is 15.0. The zero-order valence-corrected chi connectivity index (χ0v) is 17.2. The Morgan fingerprint density at radius 1 is 0.966 bits per heavy atom. The van der Waals surface area contributed by atoms with Crippen LogP contribution in [0.5, 0.6) is 5.75 Å². The smallest absolute Gasteiger partial charge is 0.248 e. The van der Waals surface area contributed by atoms with E-state index in [1.165, 1.54) is 6.07 Å². The molecule has 0 unspecified atom stereocenters. The standard InChI is InChI=1S/C23H26ClN3O2/c24-20-5-1-2-6-22(20)27-14-12-26(13-15-27)11-3-4-16-29-19-9-7-18-8-10-23(28)25-21(18)17-19/h1-2,5-10,17H,3-4,11-16H2,(H,25,28). The number of hydrogen-bond donors (Lipinski definition) is 1. The second-order valence-electron chi connectivity index (χ2n) is 7.41. The summed E-state index contributed by atoms with van der Waals surface area (Å²) in [6.45, 7) is 5.91. The van der Waals surface area contributed by atoms with Crippen LogP contribution >= 0.6 is 11.6 Å². The lowest BCUT2D eigenvalue weighted by Gasteiger charge is -2.36. The molecule has 1 aromatic heterocycles. The van der Waals surface area contributed by atoms with Crippen molar-refractivity contribution in [3.63, 3.8) is 0 Å². The van der Waals surface area contributed by atoms with Crippen LogP contribution in [0.3, 0.4) is 0 Å². The highest BCUT2D eigenvalue weighted by molar-refractivity contribution is 6.33. The molecule has 1 fully saturated rings. The molecule has 5 nitrogen and oxygen atoms in total. The van der Waals surface area contributed by atoms with E-state index >= 15 is 0 Å². The van der Waals surface area contributed by atoms with Crippen LogP contribution in [0.1, 0.15) is 12.8 Å². The molecule has 1 aliphatic heterocycles. The van der Waals surface area contributed by atoms with E-state index in [4.69, 9.17) is 16.3 Å². The van der Waals surface area contributed by atoms with Crippen molar-refractivity contribution in [2.45, 2.75) is 12.8 Å². The molecular weight excluding hydrogens is 386 g/mol. The number of rotatable bonds is 7. The molecule has 0 spiro atoms. The SMILES string of the molecule is O=c1ccc2ccc(OCCCCN3CCN(c4ccccc4Cl)CC3)cc2[nH]1. The average Bonchev–Trinajstić information content (AvgIpc) is 2.74. The summed E-state index contributed by atoms with van der Waals surface area (Å²) < 4.78 is 5.87. The van der Waals surface area contributed by atoms with Gasteiger partial charge in [-0.15, -0.1) is 0 Å². The third-order valence-electron chi connectivity index (χ3n) is 5.40. The highest BCUT2D eigenvalue weighted by Crippen LogP contribution is 2.26. The number of pyridine rings is 1. The molecule has 0 atom stereocenters. The van der Waals surface area contributed by atoms with Crippen molar-refractivity contribution in [1.29, 1.82) is 0 Å². The maximum Gasteiger partial charge on any atom is 0.248 e. The van der Waals surface area contributed by atoms with Gasteiger partial charge in [0.05, 0.1) is 22.8 Å². The molecule has 2 aromatic carbocycles. The highest BCUT2D eigenvalue weighted by Gasteiger charge is 2.18. The molecular formula is C23H26ClN3O2. The van der Waals surface area contributed by atoms with E-state index in [9.17, 15) is 4.79 Å². The van der Waals surface area contributed by atoms with Crippen LogP contribution in [0.15, 0.2) is 59.4 Å². The van der Waals surface area contributed by atoms with Gasteiger partial charge in [0.25, 0.3) is 0 Å². The number of benzene rings is 2. The topological polar surface area (TPSA) is 48.6 Å². The number of nitrogens with one attached hydrogen (secondary N) is 1. The van der Waals surface area contributed by atoms with Gasteiger partial charge >= 0.3 is 0 Å². The third-order valence-corrected chi connectivity index (χ3v) is 5.72. The number of hydrogen-bond acceptors (Lipinski definition) is 4. The second-order valence-corrected chi connectivity index (χ2v) is 7.81. The summed E-state index contributed by atoms with van der Waals surface area (Å²) in [5, 5.41) is 1.84. The first-order valence-corrected chi connectivity index (χ1v) is 10.5. The number of halogens is 1. The van der Waals surface area contributed by atoms with E-state index in [0.29, 0.717) is 6.61 Å². The molecule has 152 valence electrons. The molecule has 1 saturated heterocycles. The molecule has 2 heterocycles. The van der Waals surface area contributed by atoms with Crippen molar-refractivity contribution in [2.75, 3.05) is 44.2 Å². The molecule has 1 N–H and O–H groups in total. The fourth-order valence-corrected chi connectivity index (χ4v) is 4.02. The van der Waals surface area contributed by atoms with Crippen molar-refractivity contribution in [3.05, 3.63) is 70.0 Å². The van der Waals surface area contributed by atoms with Crippen molar-refractivity contribution < 1.29 is 4.74 Å². The molecule has 0 amide bonds. The van der Waals surface area contributed by atoms with E-state index in [1.54, 1.807) is 0 Å². The summed E-state index contributed by atoms with van der Waals surface area (Å²) >= 11 is 6.32. The summed E-state index contributed by atoms with van der Waals surface area (Å²) in [7, 11) is 0. The monoisotopic (exact) mass is 411 g/mol. The molecule has 0 saturated carbocycles. The minimum absolute atomic E-state index is 0.0933. The van der Waals surface area contributed by atoms with Crippen LogP contribution in [-0.2, 0) is 0 Å². The fraction of sp³-hybridized carbons (Fsp3) is 0.348. The third kappa shape index (κ3) is 5.11. The fourth-order valence-electron chi connectivity index (χ4n) is 3.77. The summed E-state index contributed by atoms with van der Waals surface area (Å²) in [6.07, 6.45) is 2.12. The molecule has 0 bridgehead atoms. The quantitative estimate of drug-likeness (QED) is 0.593. The van der Waals surface area contributed by atoms with E-state index in [2.05, 4.69) is 20.9 Å². The zero-order chi connectivity index (χ0) is 20.1. The first kappa shape index (κ1) is 19.8. The molecule has 6 heteroatoms. The predicted molar refractivity (Wildman–Crippen MR) is 119 cm³/mol. The summed E-state index contributed by atoms with van der Waals surface area (Å²) in [5.41, 5.74) is 1.86. The predicted octanol–water partition coefficient (Wildman–Crippen LogP) is 4.16. The zero-order valence-electron chi connectivity index (χ0n) is 16.4. The summed E-state index contributed by atoms with van der Waals surface area (Å²) in [4.78, 5) is 19.2. The van der Waals surface area contributed by atoms with Crippen molar-refractivity contribution in [3.8, 4) is 5.75 Å². The molecule has 0 aliphatic carbocycles. The lowest BCUT2D eigenvalue weighted by Crippen LogP contribution is -2.46. The number of unbranched alkanes of at least 4 members (excludes halogenated alkanes) is 1. The Labute approximate surface area is 175 Å². The van der Waals surface area contributed by atoms with Crippen molar-refractivity contribution in [1.82, 2.24) is 9.88 Å². The summed E-state index contributed by atoms with van der Waals surface area (Å²) in [5.74, 6) is 0.799. The number of aromatic amines is 1. The largest absolute Gasteiger partial charge is 0.494 e. The van der Waals surface area contributed by atoms with E-state index < -0.39 is 0 Å². The van der Waals surface area contributed by atoms with E-state index in [0.717, 1.165) is 72.9 Å². The van der Waals surface area contributed by atoms with Gasteiger partial charge in [0.1, 0.15) is 5.75 Å². The van der Waals surface area contributed by atoms with Crippen LogP contribution < -0.4 is 15.2 Å². The van der Waals surface area contributed by atoms with Gasteiger partial charge in [-0.3, -0.25) is 9.69 Å². The van der Waals surface area contributed by atoms with Crippen LogP contribution in [0.4, 0.5) is 5.69 Å². The van der Waals surface area contributed by atoms with Gasteiger partial charge in [0.2, 0.25) is 5.56 Å². The Balaban J connectivity index is 1.17. The van der Waals surface area contributed by atoms with Crippen LogP contribution in [0.25, 0.3) is 10.9 Å². The first-order valence-electron chi connectivity index (χ1n) is 10.2. The number of anilines is 1. The minimum atomic E-state index is -0.0933. The molecule has 0 radical (unpaired) electrons. The van der Waals surface area contributed by atoms with E-state index in [1.807, 2.05) is 42.5 Å². The van der Waals surface area contributed by atoms with Gasteiger partial charge < -0.3 is 14.6 Å². The summed E-state index contributed by atoms with van der Waals surface area (Å²) in [6, 6.07) is 17.2. The lowest BCUT2D eigenvalue weighted by molar-refractivity contribution is 0.238. The van der Waals surface area contributed by atoms with Gasteiger partial charge in [-0.05, 0) is 55.1 Å². The number of aromatic nitrogens is 1. The number of para-hydroxylation sites is 1. The number of fused-ring (bicyclic) bond motifs is 1. The van der Waals surface area contributed by atoms with Gasteiger partial charge in [0.15, 0.2) is 0 Å². The minimum Gasteiger partial charge on any atom is -0.494 e. The average molecular weight is 412 g/mol. The van der Waals surface area contributed by atoms with Crippen molar-refractivity contribution in [2.24, 2.45) is 0 Å². The Morgan fingerprint density at radius 3 is 2.59 bits per heavy atom. The van der Waals surface area contributed by atoms with Crippen LogP contribution in [0.2, 0.25) is 5.02 Å². The Bertz CT molecular complexity index is 1010. The van der Waals surface area contributed by atoms with Crippen molar-refractivity contribution >= 4 is 28.2 Å². The number of nitrogens with zero attached hydrogens (tertiary/aromatic N) is 2. The Kier molecular flexibility index (Phi) is 6.37. The maximum atomic E-state index is 11.5. The molecule has 3 aromatic rings. The number of ether oxygens (including phenoxy) is 1. The maximum absolute atomic E-state index is 11.5. The number of piperazine rings is 1. The molecule has 29 heavy (non-hydrogen) atoms.